The summed E-state index contributed by atoms with van der Waals surface area (Å²) in [6.45, 7) is 0. The van der Waals surface area contributed by atoms with Crippen LogP contribution in [0.2, 0.25) is 0 Å². The van der Waals surface area contributed by atoms with Crippen LogP contribution in [0, 0.1) is 5.82 Å². The van der Waals surface area contributed by atoms with Crippen LogP contribution in [0.25, 0.3) is 11.0 Å². The van der Waals surface area contributed by atoms with E-state index >= 15 is 0 Å². The van der Waals surface area contributed by atoms with Gasteiger partial charge in [-0.3, -0.25) is 9.59 Å². The van der Waals surface area contributed by atoms with Crippen molar-refractivity contribution >= 4 is 22.6 Å². The van der Waals surface area contributed by atoms with Crippen LogP contribution in [-0.4, -0.2) is 21.5 Å². The van der Waals surface area contributed by atoms with Gasteiger partial charge in [0, 0.05) is 24.0 Å². The number of fused-ring (bicyclic) bond motifs is 1. The number of nitrogens with zero attached hydrogens (tertiary/aromatic N) is 1. The number of Topliss-reactive ketones (excluding diaryl/α,β-unsaturated/α-hetero) is 2. The Morgan fingerprint density at radius 3 is 2.32 bits per heavy atom. The summed E-state index contributed by atoms with van der Waals surface area (Å²) in [7, 11) is 0. The number of imidazole rings is 1. The number of hydrogen-bond donors (Lipinski definition) is 1. The number of aromatic nitrogens is 2. The minimum atomic E-state index is -0.388. The molecule has 22 heavy (non-hydrogen) atoms. The molecule has 0 aliphatic carbocycles. The van der Waals surface area contributed by atoms with Crippen molar-refractivity contribution in [2.75, 3.05) is 0 Å². The van der Waals surface area contributed by atoms with Gasteiger partial charge in [0.05, 0.1) is 17.4 Å². The van der Waals surface area contributed by atoms with Crippen LogP contribution in [0.1, 0.15) is 33.6 Å². The maximum atomic E-state index is 12.8. The minimum absolute atomic E-state index is 0.103. The van der Waals surface area contributed by atoms with Crippen molar-refractivity contribution in [3.8, 4) is 0 Å². The monoisotopic (exact) mass is 296 g/mol. The molecule has 1 aromatic heterocycles. The number of rotatable bonds is 5. The van der Waals surface area contributed by atoms with Gasteiger partial charge in [-0.25, -0.2) is 9.37 Å². The second-order valence-electron chi connectivity index (χ2n) is 4.99. The molecule has 0 atom stereocenters. The topological polar surface area (TPSA) is 62.8 Å². The number of hydrogen-bond acceptors (Lipinski definition) is 3. The fourth-order valence-corrected chi connectivity index (χ4v) is 2.26. The quantitative estimate of drug-likeness (QED) is 0.732. The fourth-order valence-electron chi connectivity index (χ4n) is 2.26. The summed E-state index contributed by atoms with van der Waals surface area (Å²) in [5.74, 6) is -0.664. The van der Waals surface area contributed by atoms with E-state index in [1.807, 2.05) is 0 Å². The van der Waals surface area contributed by atoms with Gasteiger partial charge in [-0.2, -0.15) is 0 Å². The molecular formula is C17H13FN2O2. The molecule has 3 aromatic rings. The number of carbonyl (C=O) groups is 2. The van der Waals surface area contributed by atoms with Crippen molar-refractivity contribution in [3.63, 3.8) is 0 Å². The third kappa shape index (κ3) is 2.93. The van der Waals surface area contributed by atoms with E-state index in [4.69, 9.17) is 0 Å². The van der Waals surface area contributed by atoms with Crippen molar-refractivity contribution in [1.29, 1.82) is 0 Å². The highest BCUT2D eigenvalue weighted by molar-refractivity contribution is 6.03. The van der Waals surface area contributed by atoms with Crippen molar-refractivity contribution in [1.82, 2.24) is 9.97 Å². The highest BCUT2D eigenvalue weighted by atomic mass is 19.1. The molecule has 0 unspecified atom stereocenters. The normalized spacial score (nSPS) is 10.8. The van der Waals surface area contributed by atoms with Gasteiger partial charge >= 0.3 is 0 Å². The Kier molecular flexibility index (Phi) is 3.78. The molecule has 4 nitrogen and oxygen atoms in total. The third-order valence-corrected chi connectivity index (χ3v) is 3.49. The minimum Gasteiger partial charge on any atom is -0.345 e. The lowest BCUT2D eigenvalue weighted by Crippen LogP contribution is -2.05. The van der Waals surface area contributed by atoms with E-state index in [-0.39, 0.29) is 30.2 Å². The van der Waals surface area contributed by atoms with E-state index in [0.717, 1.165) is 11.0 Å². The molecule has 0 aliphatic heterocycles. The number of aromatic amines is 1. The van der Waals surface area contributed by atoms with E-state index in [0.29, 0.717) is 11.1 Å². The fraction of sp³-hybridized carbons (Fsp3) is 0.118. The maximum absolute atomic E-state index is 12.8. The number of carbonyl (C=O) groups excluding carboxylic acids is 2. The number of benzene rings is 2. The van der Waals surface area contributed by atoms with Crippen LogP contribution in [0.5, 0.6) is 0 Å². The summed E-state index contributed by atoms with van der Waals surface area (Å²) < 4.78 is 12.8. The van der Waals surface area contributed by atoms with Crippen LogP contribution in [0.4, 0.5) is 4.39 Å². The summed E-state index contributed by atoms with van der Waals surface area (Å²) >= 11 is 0. The van der Waals surface area contributed by atoms with Gasteiger partial charge < -0.3 is 4.98 Å². The second kappa shape index (κ2) is 5.89. The molecule has 110 valence electrons. The molecule has 0 amide bonds. The lowest BCUT2D eigenvalue weighted by Gasteiger charge is -2.02. The average Bonchev–Trinajstić information content (AvgIpc) is 3.00. The molecule has 5 heteroatoms. The molecule has 0 radical (unpaired) electrons. The number of H-pyrrole nitrogens is 1. The first-order valence-corrected chi connectivity index (χ1v) is 6.88. The van der Waals surface area contributed by atoms with E-state index in [1.165, 1.54) is 24.3 Å². The van der Waals surface area contributed by atoms with E-state index in [9.17, 15) is 14.0 Å². The predicted octanol–water partition coefficient (Wildman–Crippen LogP) is 3.55. The molecule has 0 fully saturated rings. The molecule has 3 rings (SSSR count). The highest BCUT2D eigenvalue weighted by Gasteiger charge is 2.12. The smallest absolute Gasteiger partial charge is 0.163 e. The van der Waals surface area contributed by atoms with E-state index in [2.05, 4.69) is 9.97 Å². The van der Waals surface area contributed by atoms with Gasteiger partial charge in [0.25, 0.3) is 0 Å². The standard InChI is InChI=1S/C17H13FN2O2/c18-13-4-1-11(2-5-13)16(21)7-8-17(22)12-3-6-14-15(9-12)20-10-19-14/h1-6,9-10H,7-8H2,(H,19,20). The molecule has 2 aromatic carbocycles. The Bertz CT molecular complexity index is 837. The van der Waals surface area contributed by atoms with Crippen LogP contribution in [0.3, 0.4) is 0 Å². The average molecular weight is 296 g/mol. The maximum Gasteiger partial charge on any atom is 0.163 e. The Balaban J connectivity index is 1.66. The SMILES string of the molecule is O=C(CCC(=O)c1ccc2nc[nH]c2c1)c1ccc(F)cc1. The zero-order valence-electron chi connectivity index (χ0n) is 11.7. The van der Waals surface area contributed by atoms with Gasteiger partial charge in [-0.05, 0) is 42.5 Å². The van der Waals surface area contributed by atoms with Gasteiger partial charge in [-0.15, -0.1) is 0 Å². The zero-order chi connectivity index (χ0) is 15.5. The molecular weight excluding hydrogens is 283 g/mol. The zero-order valence-corrected chi connectivity index (χ0v) is 11.7. The molecule has 1 heterocycles. The predicted molar refractivity (Wildman–Crippen MR) is 80.4 cm³/mol. The Hall–Kier alpha value is -2.82. The van der Waals surface area contributed by atoms with Crippen LogP contribution >= 0.6 is 0 Å². The molecule has 0 spiro atoms. The van der Waals surface area contributed by atoms with Crippen molar-refractivity contribution in [3.05, 3.63) is 65.7 Å². The largest absolute Gasteiger partial charge is 0.345 e. The van der Waals surface area contributed by atoms with Crippen LogP contribution < -0.4 is 0 Å². The molecule has 0 bridgehead atoms. The van der Waals surface area contributed by atoms with Gasteiger partial charge in [0.1, 0.15) is 5.82 Å². The molecule has 0 saturated heterocycles. The summed E-state index contributed by atoms with van der Waals surface area (Å²) in [4.78, 5) is 31.2. The number of ketones is 2. The molecule has 1 N–H and O–H groups in total. The first-order chi connectivity index (χ1) is 10.6. The summed E-state index contributed by atoms with van der Waals surface area (Å²) in [5, 5.41) is 0. The lowest BCUT2D eigenvalue weighted by atomic mass is 10.0. The Morgan fingerprint density at radius 1 is 0.955 bits per heavy atom. The highest BCUT2D eigenvalue weighted by Crippen LogP contribution is 2.15. The van der Waals surface area contributed by atoms with Crippen molar-refractivity contribution < 1.29 is 14.0 Å². The number of nitrogens with one attached hydrogen (secondary N) is 1. The van der Waals surface area contributed by atoms with Gasteiger partial charge in [0.2, 0.25) is 0 Å². The van der Waals surface area contributed by atoms with Crippen LogP contribution in [0.15, 0.2) is 48.8 Å². The lowest BCUT2D eigenvalue weighted by molar-refractivity contribution is 0.0917. The van der Waals surface area contributed by atoms with Crippen molar-refractivity contribution in [2.24, 2.45) is 0 Å². The summed E-state index contributed by atoms with van der Waals surface area (Å²) in [6, 6.07) is 10.5. The first kappa shape index (κ1) is 14.1. The Morgan fingerprint density at radius 2 is 1.59 bits per heavy atom. The van der Waals surface area contributed by atoms with Crippen LogP contribution in [-0.2, 0) is 0 Å². The molecule has 0 aliphatic rings. The van der Waals surface area contributed by atoms with Gasteiger partial charge in [0.15, 0.2) is 11.6 Å². The van der Waals surface area contributed by atoms with E-state index in [1.54, 1.807) is 24.5 Å². The molecule has 0 saturated carbocycles. The van der Waals surface area contributed by atoms with E-state index < -0.39 is 0 Å². The second-order valence-corrected chi connectivity index (χ2v) is 4.99. The van der Waals surface area contributed by atoms with Crippen molar-refractivity contribution in [2.45, 2.75) is 12.8 Å². The third-order valence-electron chi connectivity index (χ3n) is 3.49. The summed E-state index contributed by atoms with van der Waals surface area (Å²) in [5.41, 5.74) is 2.54. The Labute approximate surface area is 126 Å². The van der Waals surface area contributed by atoms with Gasteiger partial charge in [-0.1, -0.05) is 0 Å². The first-order valence-electron chi connectivity index (χ1n) is 6.88. The summed E-state index contributed by atoms with van der Waals surface area (Å²) in [6.07, 6.45) is 1.79. The number of halogens is 1.